The molecule has 1 aromatic rings. The number of rotatable bonds is 3. The Bertz CT molecular complexity index is 461. The molecule has 4 heteroatoms. The highest BCUT2D eigenvalue weighted by Crippen LogP contribution is 2.21. The van der Waals surface area contributed by atoms with E-state index in [4.69, 9.17) is 5.73 Å². The van der Waals surface area contributed by atoms with E-state index in [0.29, 0.717) is 25.4 Å². The van der Waals surface area contributed by atoms with Crippen LogP contribution in [0.15, 0.2) is 18.2 Å². The molecule has 1 heterocycles. The lowest BCUT2D eigenvalue weighted by molar-refractivity contribution is -0.131. The molecule has 0 radical (unpaired) electrons. The maximum atomic E-state index is 13.3. The number of nitrogens with two attached hydrogens (primary N) is 1. The zero-order chi connectivity index (χ0) is 13.8. The van der Waals surface area contributed by atoms with Crippen LogP contribution in [-0.2, 0) is 17.9 Å². The van der Waals surface area contributed by atoms with Crippen LogP contribution < -0.4 is 5.73 Å². The molecule has 1 fully saturated rings. The third-order valence-electron chi connectivity index (χ3n) is 3.84. The Morgan fingerprint density at radius 1 is 1.37 bits per heavy atom. The van der Waals surface area contributed by atoms with Crippen molar-refractivity contribution in [1.82, 2.24) is 4.90 Å². The number of benzene rings is 1. The molecule has 19 heavy (non-hydrogen) atoms. The Hall–Kier alpha value is -1.42. The molecule has 0 saturated carbocycles. The van der Waals surface area contributed by atoms with Gasteiger partial charge < -0.3 is 10.6 Å². The van der Waals surface area contributed by atoms with E-state index in [0.717, 1.165) is 30.5 Å². The van der Waals surface area contributed by atoms with Crippen LogP contribution in [0.4, 0.5) is 4.39 Å². The zero-order valence-corrected chi connectivity index (χ0v) is 11.4. The molecule has 104 valence electrons. The van der Waals surface area contributed by atoms with Crippen molar-refractivity contribution in [2.75, 3.05) is 6.54 Å². The molecule has 1 aromatic carbocycles. The molecule has 1 amide bonds. The fourth-order valence-corrected chi connectivity index (χ4v) is 2.49. The monoisotopic (exact) mass is 264 g/mol. The normalized spacial score (nSPS) is 20.5. The molecule has 1 saturated heterocycles. The number of carbonyl (C=O) groups is 1. The number of likely N-dealkylation sites (tertiary alicyclic amines) is 1. The molecule has 1 unspecified atom stereocenters. The summed E-state index contributed by atoms with van der Waals surface area (Å²) in [6, 6.07) is 4.61. The maximum Gasteiger partial charge on any atom is 0.222 e. The second-order valence-corrected chi connectivity index (χ2v) is 5.36. The average Bonchev–Trinajstić information content (AvgIpc) is 2.54. The van der Waals surface area contributed by atoms with Crippen LogP contribution in [0.1, 0.15) is 37.3 Å². The highest BCUT2D eigenvalue weighted by atomic mass is 19.1. The van der Waals surface area contributed by atoms with Crippen molar-refractivity contribution in [1.29, 1.82) is 0 Å². The van der Waals surface area contributed by atoms with Crippen LogP contribution in [0.3, 0.4) is 0 Å². The topological polar surface area (TPSA) is 46.3 Å². The van der Waals surface area contributed by atoms with Crippen LogP contribution in [-0.4, -0.2) is 17.4 Å². The summed E-state index contributed by atoms with van der Waals surface area (Å²) >= 11 is 0. The molecular formula is C15H21FN2O. The van der Waals surface area contributed by atoms with Gasteiger partial charge in [-0.2, -0.15) is 0 Å². The lowest BCUT2D eigenvalue weighted by Gasteiger charge is -2.22. The van der Waals surface area contributed by atoms with Crippen molar-refractivity contribution in [3.8, 4) is 0 Å². The first-order valence-electron chi connectivity index (χ1n) is 6.85. The van der Waals surface area contributed by atoms with Crippen LogP contribution in [0, 0.1) is 11.7 Å². The van der Waals surface area contributed by atoms with E-state index in [9.17, 15) is 9.18 Å². The number of nitrogens with zero attached hydrogens (tertiary/aromatic N) is 1. The van der Waals surface area contributed by atoms with Crippen LogP contribution in [0.25, 0.3) is 0 Å². The molecule has 1 atom stereocenters. The quantitative estimate of drug-likeness (QED) is 0.911. The molecule has 2 N–H and O–H groups in total. The van der Waals surface area contributed by atoms with Crippen molar-refractivity contribution in [2.24, 2.45) is 11.7 Å². The van der Waals surface area contributed by atoms with Gasteiger partial charge >= 0.3 is 0 Å². The molecule has 0 aromatic heterocycles. The van der Waals surface area contributed by atoms with Gasteiger partial charge in [0.2, 0.25) is 5.91 Å². The third kappa shape index (κ3) is 3.53. The Labute approximate surface area is 113 Å². The number of halogens is 1. The minimum absolute atomic E-state index is 0.164. The summed E-state index contributed by atoms with van der Waals surface area (Å²) in [6.07, 6.45) is 2.55. The first-order chi connectivity index (χ1) is 9.10. The molecular weight excluding hydrogens is 243 g/mol. The molecule has 0 spiro atoms. The SMILES string of the molecule is CC1CCC(=O)N(Cc2cc(F)ccc2CN)CC1. The predicted molar refractivity (Wildman–Crippen MR) is 72.7 cm³/mol. The van der Waals surface area contributed by atoms with E-state index < -0.39 is 0 Å². The Morgan fingerprint density at radius 2 is 2.16 bits per heavy atom. The van der Waals surface area contributed by atoms with E-state index in [-0.39, 0.29) is 11.7 Å². The van der Waals surface area contributed by atoms with Gasteiger partial charge in [0, 0.05) is 26.1 Å². The fraction of sp³-hybridized carbons (Fsp3) is 0.533. The van der Waals surface area contributed by atoms with Gasteiger partial charge in [-0.1, -0.05) is 13.0 Å². The number of hydrogen-bond donors (Lipinski definition) is 1. The van der Waals surface area contributed by atoms with Gasteiger partial charge in [0.15, 0.2) is 0 Å². The average molecular weight is 264 g/mol. The first kappa shape index (κ1) is 14.0. The van der Waals surface area contributed by atoms with E-state index in [2.05, 4.69) is 6.92 Å². The number of hydrogen-bond acceptors (Lipinski definition) is 2. The number of amides is 1. The van der Waals surface area contributed by atoms with Crippen molar-refractivity contribution < 1.29 is 9.18 Å². The minimum atomic E-state index is -0.275. The van der Waals surface area contributed by atoms with Crippen molar-refractivity contribution >= 4 is 5.91 Å². The lowest BCUT2D eigenvalue weighted by atomic mass is 10.0. The van der Waals surface area contributed by atoms with E-state index >= 15 is 0 Å². The highest BCUT2D eigenvalue weighted by Gasteiger charge is 2.21. The van der Waals surface area contributed by atoms with Gasteiger partial charge in [-0.15, -0.1) is 0 Å². The summed E-state index contributed by atoms with van der Waals surface area (Å²) in [5, 5.41) is 0. The summed E-state index contributed by atoms with van der Waals surface area (Å²) in [7, 11) is 0. The van der Waals surface area contributed by atoms with E-state index in [1.807, 2.05) is 4.90 Å². The zero-order valence-electron chi connectivity index (χ0n) is 11.4. The molecule has 1 aliphatic heterocycles. The summed E-state index contributed by atoms with van der Waals surface area (Å²) in [6.45, 7) is 3.76. The summed E-state index contributed by atoms with van der Waals surface area (Å²) in [4.78, 5) is 13.9. The van der Waals surface area contributed by atoms with Crippen molar-refractivity contribution in [3.63, 3.8) is 0 Å². The van der Waals surface area contributed by atoms with Gasteiger partial charge in [0.05, 0.1) is 0 Å². The second kappa shape index (κ2) is 6.15. The molecule has 3 nitrogen and oxygen atoms in total. The molecule has 0 bridgehead atoms. The van der Waals surface area contributed by atoms with E-state index in [1.54, 1.807) is 6.07 Å². The number of carbonyl (C=O) groups excluding carboxylic acids is 1. The van der Waals surface area contributed by atoms with E-state index in [1.165, 1.54) is 12.1 Å². The predicted octanol–water partition coefficient (Wildman–Crippen LogP) is 2.43. The molecule has 1 aliphatic rings. The Balaban J connectivity index is 2.15. The van der Waals surface area contributed by atoms with Crippen molar-refractivity contribution in [3.05, 3.63) is 35.1 Å². The van der Waals surface area contributed by atoms with Gasteiger partial charge in [-0.05, 0) is 42.0 Å². The Kier molecular flexibility index (Phi) is 4.53. The highest BCUT2D eigenvalue weighted by molar-refractivity contribution is 5.76. The van der Waals surface area contributed by atoms with Crippen LogP contribution in [0.2, 0.25) is 0 Å². The second-order valence-electron chi connectivity index (χ2n) is 5.36. The van der Waals surface area contributed by atoms with Gasteiger partial charge in [0.25, 0.3) is 0 Å². The maximum absolute atomic E-state index is 13.3. The molecule has 2 rings (SSSR count). The standard InChI is InChI=1S/C15H21FN2O/c1-11-2-5-15(19)18(7-6-11)10-13-8-14(16)4-3-12(13)9-17/h3-4,8,11H,2,5-7,9-10,17H2,1H3. The minimum Gasteiger partial charge on any atom is -0.338 e. The first-order valence-corrected chi connectivity index (χ1v) is 6.85. The summed E-state index contributed by atoms with van der Waals surface area (Å²) < 4.78 is 13.3. The lowest BCUT2D eigenvalue weighted by Crippen LogP contribution is -2.30. The summed E-state index contributed by atoms with van der Waals surface area (Å²) in [5.74, 6) is 0.467. The van der Waals surface area contributed by atoms with Crippen LogP contribution >= 0.6 is 0 Å². The Morgan fingerprint density at radius 3 is 2.89 bits per heavy atom. The van der Waals surface area contributed by atoms with Gasteiger partial charge in [-0.3, -0.25) is 4.79 Å². The third-order valence-corrected chi connectivity index (χ3v) is 3.84. The van der Waals surface area contributed by atoms with Crippen LogP contribution in [0.5, 0.6) is 0 Å². The van der Waals surface area contributed by atoms with Gasteiger partial charge in [-0.25, -0.2) is 4.39 Å². The smallest absolute Gasteiger partial charge is 0.222 e. The largest absolute Gasteiger partial charge is 0.338 e. The van der Waals surface area contributed by atoms with Crippen molar-refractivity contribution in [2.45, 2.75) is 39.3 Å². The fourth-order valence-electron chi connectivity index (χ4n) is 2.49. The van der Waals surface area contributed by atoms with Gasteiger partial charge in [0.1, 0.15) is 5.82 Å². The molecule has 0 aliphatic carbocycles. The summed E-state index contributed by atoms with van der Waals surface area (Å²) in [5.41, 5.74) is 7.40.